The first-order chi connectivity index (χ1) is 11.4. The Morgan fingerprint density at radius 1 is 1.12 bits per heavy atom. The minimum Gasteiger partial charge on any atom is -0.323 e. The Bertz CT molecular complexity index is 814. The number of carbonyl (C=O) groups excluding carboxylic acids is 1. The van der Waals surface area contributed by atoms with E-state index in [2.05, 4.69) is 15.0 Å². The lowest BCUT2D eigenvalue weighted by Gasteiger charge is -2.10. The van der Waals surface area contributed by atoms with Crippen molar-refractivity contribution >= 4 is 27.7 Å². The van der Waals surface area contributed by atoms with Crippen molar-refractivity contribution in [2.75, 3.05) is 5.32 Å². The molecule has 7 heteroatoms. The van der Waals surface area contributed by atoms with Gasteiger partial charge in [-0.05, 0) is 56.3 Å². The molecule has 6 nitrogen and oxygen atoms in total. The fourth-order valence-electron chi connectivity index (χ4n) is 1.92. The van der Waals surface area contributed by atoms with E-state index in [1.165, 1.54) is 18.2 Å². The molecule has 0 saturated carbocycles. The number of rotatable bonds is 6. The molecule has 0 unspecified atom stereocenters. The molecule has 0 saturated heterocycles. The maximum Gasteiger partial charge on any atom is 0.248 e. The number of carbonyl (C=O) groups is 1. The molecule has 126 valence electrons. The van der Waals surface area contributed by atoms with Gasteiger partial charge in [-0.1, -0.05) is 6.07 Å². The lowest BCUT2D eigenvalue weighted by molar-refractivity contribution is -0.111. The first-order valence-electron chi connectivity index (χ1n) is 7.39. The summed E-state index contributed by atoms with van der Waals surface area (Å²) >= 11 is 0. The Morgan fingerprint density at radius 2 is 1.83 bits per heavy atom. The van der Waals surface area contributed by atoms with Gasteiger partial charge in [0.15, 0.2) is 0 Å². The second-order valence-electron chi connectivity index (χ2n) is 5.38. The van der Waals surface area contributed by atoms with Crippen LogP contribution in [-0.2, 0) is 14.8 Å². The molecule has 0 spiro atoms. The van der Waals surface area contributed by atoms with Crippen LogP contribution in [0.1, 0.15) is 19.5 Å². The van der Waals surface area contributed by atoms with Crippen molar-refractivity contribution in [1.29, 1.82) is 0 Å². The highest BCUT2D eigenvalue weighted by molar-refractivity contribution is 7.89. The van der Waals surface area contributed by atoms with Gasteiger partial charge in [0.2, 0.25) is 15.9 Å². The van der Waals surface area contributed by atoms with Gasteiger partial charge in [-0.2, -0.15) is 0 Å². The Balaban J connectivity index is 2.01. The van der Waals surface area contributed by atoms with Crippen LogP contribution in [-0.4, -0.2) is 25.4 Å². The van der Waals surface area contributed by atoms with Crippen LogP contribution in [0.2, 0.25) is 0 Å². The smallest absolute Gasteiger partial charge is 0.248 e. The fraction of sp³-hybridized carbons (Fsp3) is 0.176. The molecule has 0 atom stereocenters. The van der Waals surface area contributed by atoms with Crippen molar-refractivity contribution < 1.29 is 13.2 Å². The van der Waals surface area contributed by atoms with Gasteiger partial charge in [-0.3, -0.25) is 9.78 Å². The molecule has 0 radical (unpaired) electrons. The summed E-state index contributed by atoms with van der Waals surface area (Å²) in [7, 11) is -3.54. The third kappa shape index (κ3) is 5.29. The number of anilines is 1. The Kier molecular flexibility index (Phi) is 5.83. The molecular weight excluding hydrogens is 326 g/mol. The zero-order valence-electron chi connectivity index (χ0n) is 13.4. The number of benzene rings is 1. The van der Waals surface area contributed by atoms with E-state index in [9.17, 15) is 13.2 Å². The van der Waals surface area contributed by atoms with E-state index in [1.807, 2.05) is 6.07 Å². The molecule has 2 aromatic rings. The van der Waals surface area contributed by atoms with Crippen LogP contribution in [0.15, 0.2) is 59.6 Å². The maximum atomic E-state index is 12.0. The summed E-state index contributed by atoms with van der Waals surface area (Å²) in [5.74, 6) is -0.323. The largest absolute Gasteiger partial charge is 0.323 e. The van der Waals surface area contributed by atoms with E-state index >= 15 is 0 Å². The van der Waals surface area contributed by atoms with Gasteiger partial charge in [-0.15, -0.1) is 0 Å². The normalized spacial score (nSPS) is 11.8. The van der Waals surface area contributed by atoms with Crippen LogP contribution in [0.25, 0.3) is 6.08 Å². The maximum absolute atomic E-state index is 12.0. The van der Waals surface area contributed by atoms with Crippen molar-refractivity contribution in [3.05, 3.63) is 60.4 Å². The number of aromatic nitrogens is 1. The molecule has 2 rings (SSSR count). The van der Waals surface area contributed by atoms with E-state index in [4.69, 9.17) is 0 Å². The quantitative estimate of drug-likeness (QED) is 0.787. The average Bonchev–Trinajstić information content (AvgIpc) is 2.53. The highest BCUT2D eigenvalue weighted by Gasteiger charge is 2.14. The number of nitrogens with one attached hydrogen (secondary N) is 2. The molecule has 1 aromatic carbocycles. The van der Waals surface area contributed by atoms with Crippen molar-refractivity contribution in [3.8, 4) is 0 Å². The molecular formula is C17H19N3O3S. The third-order valence-corrected chi connectivity index (χ3v) is 4.59. The summed E-state index contributed by atoms with van der Waals surface area (Å²) in [6, 6.07) is 11.2. The zero-order chi connectivity index (χ0) is 17.6. The average molecular weight is 345 g/mol. The minimum absolute atomic E-state index is 0.151. The summed E-state index contributed by atoms with van der Waals surface area (Å²) in [5, 5.41) is 2.66. The van der Waals surface area contributed by atoms with Gasteiger partial charge >= 0.3 is 0 Å². The van der Waals surface area contributed by atoms with Gasteiger partial charge in [0.1, 0.15) is 0 Å². The minimum atomic E-state index is -3.54. The first-order valence-corrected chi connectivity index (χ1v) is 8.87. The number of amides is 1. The van der Waals surface area contributed by atoms with E-state index < -0.39 is 10.0 Å². The molecule has 1 aromatic heterocycles. The molecule has 1 heterocycles. The highest BCUT2D eigenvalue weighted by atomic mass is 32.2. The molecule has 0 fully saturated rings. The van der Waals surface area contributed by atoms with E-state index in [0.717, 1.165) is 0 Å². The van der Waals surface area contributed by atoms with E-state index in [0.29, 0.717) is 11.4 Å². The van der Waals surface area contributed by atoms with Gasteiger partial charge in [0.05, 0.1) is 10.6 Å². The lowest BCUT2D eigenvalue weighted by atomic mass is 10.3. The van der Waals surface area contributed by atoms with Gasteiger partial charge in [-0.25, -0.2) is 13.1 Å². The van der Waals surface area contributed by atoms with Crippen LogP contribution >= 0.6 is 0 Å². The predicted molar refractivity (Wildman–Crippen MR) is 93.8 cm³/mol. The number of nitrogens with zero attached hydrogens (tertiary/aromatic N) is 1. The number of sulfonamides is 1. The van der Waals surface area contributed by atoms with Crippen LogP contribution in [0.4, 0.5) is 5.69 Å². The van der Waals surface area contributed by atoms with Crippen molar-refractivity contribution in [2.24, 2.45) is 0 Å². The topological polar surface area (TPSA) is 88.2 Å². The molecule has 24 heavy (non-hydrogen) atoms. The van der Waals surface area contributed by atoms with E-state index in [-0.39, 0.29) is 16.8 Å². The Labute approximate surface area is 141 Å². The predicted octanol–water partition coefficient (Wildman–Crippen LogP) is 2.42. The van der Waals surface area contributed by atoms with Crippen LogP contribution in [0.3, 0.4) is 0 Å². The Hall–Kier alpha value is -2.51. The molecule has 1 amide bonds. The molecule has 0 aliphatic heterocycles. The molecule has 0 bridgehead atoms. The number of pyridine rings is 1. The van der Waals surface area contributed by atoms with E-state index in [1.54, 1.807) is 50.4 Å². The van der Waals surface area contributed by atoms with Gasteiger partial charge < -0.3 is 5.32 Å². The number of hydrogen-bond acceptors (Lipinski definition) is 4. The Morgan fingerprint density at radius 3 is 2.42 bits per heavy atom. The van der Waals surface area contributed by atoms with Crippen LogP contribution in [0.5, 0.6) is 0 Å². The molecule has 0 aliphatic carbocycles. The van der Waals surface area contributed by atoms with Gasteiger partial charge in [0, 0.05) is 24.0 Å². The second-order valence-corrected chi connectivity index (χ2v) is 7.09. The van der Waals surface area contributed by atoms with Crippen LogP contribution < -0.4 is 10.0 Å². The standard InChI is InChI=1S/C17H19N3O3S/c1-13(2)20-24(22,23)16-9-6-15(7-10-16)19-17(21)11-8-14-5-3-4-12-18-14/h3-13,20H,1-2H3,(H,19,21)/b11-8+. The van der Waals surface area contributed by atoms with Crippen molar-refractivity contribution in [3.63, 3.8) is 0 Å². The van der Waals surface area contributed by atoms with Crippen molar-refractivity contribution in [1.82, 2.24) is 9.71 Å². The molecule has 0 aliphatic rings. The fourth-order valence-corrected chi connectivity index (χ4v) is 3.17. The van der Waals surface area contributed by atoms with Crippen LogP contribution in [0, 0.1) is 0 Å². The number of hydrogen-bond donors (Lipinski definition) is 2. The first kappa shape index (κ1) is 17.8. The summed E-state index contributed by atoms with van der Waals surface area (Å²) in [6.45, 7) is 3.50. The highest BCUT2D eigenvalue weighted by Crippen LogP contribution is 2.14. The summed E-state index contributed by atoms with van der Waals surface area (Å²) in [5.41, 5.74) is 1.18. The summed E-state index contributed by atoms with van der Waals surface area (Å²) in [4.78, 5) is 16.1. The van der Waals surface area contributed by atoms with Crippen molar-refractivity contribution in [2.45, 2.75) is 24.8 Å². The molecule has 2 N–H and O–H groups in total. The SMILES string of the molecule is CC(C)NS(=O)(=O)c1ccc(NC(=O)/C=C/c2ccccn2)cc1. The summed E-state index contributed by atoms with van der Waals surface area (Å²) in [6.07, 6.45) is 4.61. The zero-order valence-corrected chi connectivity index (χ0v) is 14.2. The summed E-state index contributed by atoms with van der Waals surface area (Å²) < 4.78 is 26.5. The van der Waals surface area contributed by atoms with Gasteiger partial charge in [0.25, 0.3) is 0 Å². The third-order valence-electron chi connectivity index (χ3n) is 2.92. The second kappa shape index (κ2) is 7.85. The lowest BCUT2D eigenvalue weighted by Crippen LogP contribution is -2.30. The monoisotopic (exact) mass is 345 g/mol.